The second-order valence-electron chi connectivity index (χ2n) is 5.96. The average Bonchev–Trinajstić information content (AvgIpc) is 3.36. The van der Waals surface area contributed by atoms with Crippen LogP contribution in [0.2, 0.25) is 0 Å². The molecule has 2 heterocycles. The van der Waals surface area contributed by atoms with E-state index in [0.717, 1.165) is 31.2 Å². The number of carbonyl (C=O) groups excluding carboxylic acids is 2. The predicted octanol–water partition coefficient (Wildman–Crippen LogP) is 2.78. The number of ether oxygens (including phenoxy) is 2. The van der Waals surface area contributed by atoms with Crippen molar-refractivity contribution in [2.24, 2.45) is 0 Å². The Morgan fingerprint density at radius 3 is 2.79 bits per heavy atom. The largest absolute Gasteiger partial charge is 0.435 e. The summed E-state index contributed by atoms with van der Waals surface area (Å²) in [6.45, 7) is -1.50. The molecule has 1 aromatic carbocycles. The van der Waals surface area contributed by atoms with Crippen LogP contribution in [0.5, 0.6) is 5.75 Å². The molecule has 1 saturated heterocycles. The molecule has 2 amide bonds. The number of benzene rings is 1. The van der Waals surface area contributed by atoms with Crippen molar-refractivity contribution in [2.75, 3.05) is 24.2 Å². The summed E-state index contributed by atoms with van der Waals surface area (Å²) in [6.07, 6.45) is 2.26. The van der Waals surface area contributed by atoms with E-state index in [1.54, 1.807) is 0 Å². The maximum absolute atomic E-state index is 12.1. The number of thioether (sulfide) groups is 1. The fourth-order valence-electron chi connectivity index (χ4n) is 2.50. The number of nitrogens with zero attached hydrogens (tertiary/aromatic N) is 2. The molecule has 0 bridgehead atoms. The van der Waals surface area contributed by atoms with Gasteiger partial charge in [-0.25, -0.2) is 0 Å². The first kappa shape index (κ1) is 21.4. The summed E-state index contributed by atoms with van der Waals surface area (Å²) in [7, 11) is 0. The first-order valence-corrected chi connectivity index (χ1v) is 10.5. The Hall–Kier alpha value is -2.31. The first-order chi connectivity index (χ1) is 14.0. The average molecular weight is 444 g/mol. The number of alkyl halides is 2. The van der Waals surface area contributed by atoms with Gasteiger partial charge in [-0.3, -0.25) is 14.9 Å². The minimum absolute atomic E-state index is 0.0152. The number of carbonyl (C=O) groups is 2. The monoisotopic (exact) mass is 444 g/mol. The summed E-state index contributed by atoms with van der Waals surface area (Å²) < 4.78 is 34.6. The molecule has 1 aromatic heterocycles. The molecule has 0 spiro atoms. The molecule has 0 aliphatic carbocycles. The molecule has 2 aromatic rings. The van der Waals surface area contributed by atoms with Gasteiger partial charge in [0.2, 0.25) is 11.0 Å². The lowest BCUT2D eigenvalue weighted by Crippen LogP contribution is -2.31. The van der Waals surface area contributed by atoms with Crippen LogP contribution in [-0.2, 0) is 9.53 Å². The van der Waals surface area contributed by atoms with Crippen LogP contribution < -0.4 is 15.4 Å². The molecule has 1 aliphatic heterocycles. The number of amides is 2. The molecule has 29 heavy (non-hydrogen) atoms. The summed E-state index contributed by atoms with van der Waals surface area (Å²) >= 11 is 2.47. The van der Waals surface area contributed by atoms with Crippen molar-refractivity contribution in [2.45, 2.75) is 29.9 Å². The molecule has 156 valence electrons. The lowest BCUT2D eigenvalue weighted by molar-refractivity contribution is -0.117. The molecular weight excluding hydrogens is 426 g/mol. The van der Waals surface area contributed by atoms with Crippen LogP contribution in [0.1, 0.15) is 23.2 Å². The van der Waals surface area contributed by atoms with Gasteiger partial charge in [-0.05, 0) is 37.1 Å². The fraction of sp³-hybridized carbons (Fsp3) is 0.412. The van der Waals surface area contributed by atoms with E-state index in [0.29, 0.717) is 16.0 Å². The Labute approximate surface area is 173 Å². The minimum Gasteiger partial charge on any atom is -0.435 e. The number of rotatable bonds is 9. The Morgan fingerprint density at radius 1 is 1.31 bits per heavy atom. The second-order valence-corrected chi connectivity index (χ2v) is 8.16. The first-order valence-electron chi connectivity index (χ1n) is 8.70. The van der Waals surface area contributed by atoms with E-state index in [1.165, 1.54) is 35.6 Å². The number of hydrogen-bond acceptors (Lipinski definition) is 9. The Kier molecular flexibility index (Phi) is 7.72. The van der Waals surface area contributed by atoms with E-state index in [-0.39, 0.29) is 23.2 Å². The van der Waals surface area contributed by atoms with E-state index in [9.17, 15) is 18.4 Å². The van der Waals surface area contributed by atoms with E-state index in [1.807, 2.05) is 0 Å². The molecule has 8 nitrogen and oxygen atoms in total. The quantitative estimate of drug-likeness (QED) is 0.570. The van der Waals surface area contributed by atoms with Crippen LogP contribution in [0, 0.1) is 0 Å². The van der Waals surface area contributed by atoms with Crippen LogP contribution in [0.25, 0.3) is 0 Å². The highest BCUT2D eigenvalue weighted by Gasteiger charge is 2.16. The van der Waals surface area contributed by atoms with Gasteiger partial charge >= 0.3 is 6.61 Å². The third-order valence-corrected chi connectivity index (χ3v) is 5.85. The van der Waals surface area contributed by atoms with Crippen molar-refractivity contribution in [3.05, 3.63) is 29.8 Å². The number of nitrogens with one attached hydrogen (secondary N) is 2. The summed E-state index contributed by atoms with van der Waals surface area (Å²) in [5, 5.41) is 14.0. The van der Waals surface area contributed by atoms with Crippen LogP contribution in [0.4, 0.5) is 13.9 Å². The zero-order chi connectivity index (χ0) is 20.6. The van der Waals surface area contributed by atoms with Crippen LogP contribution >= 0.6 is 23.1 Å². The van der Waals surface area contributed by atoms with Crippen LogP contribution in [0.15, 0.2) is 28.6 Å². The van der Waals surface area contributed by atoms with Crippen molar-refractivity contribution in [1.29, 1.82) is 0 Å². The number of halogens is 2. The lowest BCUT2D eigenvalue weighted by atomic mass is 10.2. The second kappa shape index (κ2) is 10.5. The molecule has 1 fully saturated rings. The van der Waals surface area contributed by atoms with Crippen molar-refractivity contribution < 1.29 is 27.8 Å². The van der Waals surface area contributed by atoms with Gasteiger partial charge in [0.1, 0.15) is 5.75 Å². The Morgan fingerprint density at radius 2 is 2.10 bits per heavy atom. The van der Waals surface area contributed by atoms with Crippen molar-refractivity contribution >= 4 is 40.0 Å². The summed E-state index contributed by atoms with van der Waals surface area (Å²) in [6, 6.07) is 5.05. The number of anilines is 1. The normalized spacial score (nSPS) is 16.0. The Balaban J connectivity index is 1.40. The van der Waals surface area contributed by atoms with E-state index < -0.39 is 18.4 Å². The van der Waals surface area contributed by atoms with Crippen molar-refractivity contribution in [1.82, 2.24) is 15.5 Å². The van der Waals surface area contributed by atoms with Crippen LogP contribution in [-0.4, -0.2) is 53.6 Å². The van der Waals surface area contributed by atoms with Crippen molar-refractivity contribution in [3.63, 3.8) is 0 Å². The van der Waals surface area contributed by atoms with E-state index >= 15 is 0 Å². The van der Waals surface area contributed by atoms with Crippen LogP contribution in [0.3, 0.4) is 0 Å². The van der Waals surface area contributed by atoms with Gasteiger partial charge in [-0.15, -0.1) is 10.2 Å². The topological polar surface area (TPSA) is 102 Å². The smallest absolute Gasteiger partial charge is 0.387 e. The fourth-order valence-corrected chi connectivity index (χ4v) is 4.05. The third kappa shape index (κ3) is 6.91. The van der Waals surface area contributed by atoms with Gasteiger partial charge in [0, 0.05) is 18.7 Å². The highest BCUT2D eigenvalue weighted by molar-refractivity contribution is 8.01. The molecular formula is C17H18F2N4O4S2. The zero-order valence-corrected chi connectivity index (χ0v) is 16.7. The molecule has 1 atom stereocenters. The van der Waals surface area contributed by atoms with E-state index in [2.05, 4.69) is 25.6 Å². The summed E-state index contributed by atoms with van der Waals surface area (Å²) in [4.78, 5) is 24.0. The molecule has 1 unspecified atom stereocenters. The maximum Gasteiger partial charge on any atom is 0.387 e. The number of hydrogen-bond donors (Lipinski definition) is 2. The Bertz CT molecular complexity index is 829. The highest BCUT2D eigenvalue weighted by Crippen LogP contribution is 2.25. The third-order valence-electron chi connectivity index (χ3n) is 3.83. The van der Waals surface area contributed by atoms with Gasteiger partial charge in [0.25, 0.3) is 5.91 Å². The highest BCUT2D eigenvalue weighted by atomic mass is 32.2. The van der Waals surface area contributed by atoms with Gasteiger partial charge in [-0.1, -0.05) is 23.1 Å². The summed E-state index contributed by atoms with van der Waals surface area (Å²) in [5.74, 6) is -1.22. The lowest BCUT2D eigenvalue weighted by Gasteiger charge is -2.08. The molecule has 0 radical (unpaired) electrons. The van der Waals surface area contributed by atoms with Gasteiger partial charge in [0.15, 0.2) is 4.34 Å². The standard InChI is InChI=1S/C17H18F2N4O4S2/c18-15(19)27-11-5-3-10(4-6-11)14(25)21-13(24)9-28-17-23-22-16(29-17)20-8-12-2-1-7-26-12/h3-6,12,15H,1-2,7-9H2,(H,20,22)(H,21,24,25). The number of imide groups is 1. The SMILES string of the molecule is O=C(CSc1nnc(NCC2CCCO2)s1)NC(=O)c1ccc(OC(F)F)cc1. The molecule has 1 aliphatic rings. The zero-order valence-electron chi connectivity index (χ0n) is 15.1. The van der Waals surface area contributed by atoms with E-state index in [4.69, 9.17) is 4.74 Å². The predicted molar refractivity (Wildman–Crippen MR) is 104 cm³/mol. The summed E-state index contributed by atoms with van der Waals surface area (Å²) in [5.41, 5.74) is 0.154. The molecule has 12 heteroatoms. The van der Waals surface area contributed by atoms with Gasteiger partial charge < -0.3 is 14.8 Å². The van der Waals surface area contributed by atoms with Gasteiger partial charge in [0.05, 0.1) is 11.9 Å². The molecule has 3 rings (SSSR count). The number of aromatic nitrogens is 2. The van der Waals surface area contributed by atoms with Crippen molar-refractivity contribution in [3.8, 4) is 5.75 Å². The minimum atomic E-state index is -2.94. The maximum atomic E-state index is 12.1. The molecule has 0 saturated carbocycles. The molecule has 2 N–H and O–H groups in total. The van der Waals surface area contributed by atoms with Gasteiger partial charge in [-0.2, -0.15) is 8.78 Å².